The number of aromatic nitrogens is 4. The number of rotatable bonds is 5. The molecule has 1 N–H and O–H groups in total. The first-order chi connectivity index (χ1) is 13.2. The van der Waals surface area contributed by atoms with Crippen LogP contribution in [0.3, 0.4) is 0 Å². The second-order valence-corrected chi connectivity index (χ2v) is 8.03. The van der Waals surface area contributed by atoms with Crippen molar-refractivity contribution in [2.75, 3.05) is 0 Å². The number of fused-ring (bicyclic) bond motifs is 1. The average molecular weight is 399 g/mol. The van der Waals surface area contributed by atoms with Crippen LogP contribution in [0.1, 0.15) is 24.4 Å². The first-order valence-corrected chi connectivity index (χ1v) is 10.1. The summed E-state index contributed by atoms with van der Waals surface area (Å²) < 4.78 is 15.5. The molecule has 136 valence electrons. The van der Waals surface area contributed by atoms with Gasteiger partial charge in [0.05, 0.1) is 0 Å². The molecule has 2 heterocycles. The zero-order valence-electron chi connectivity index (χ0n) is 14.3. The Morgan fingerprint density at radius 2 is 2.04 bits per heavy atom. The average Bonchev–Trinajstić information content (AvgIpc) is 3.28. The Balaban J connectivity index is 1.49. The zero-order valence-corrected chi connectivity index (χ0v) is 15.9. The normalized spacial score (nSPS) is 14.1. The van der Waals surface area contributed by atoms with Crippen molar-refractivity contribution in [1.29, 1.82) is 0 Å². The summed E-state index contributed by atoms with van der Waals surface area (Å²) in [5.41, 5.74) is 3.05. The van der Waals surface area contributed by atoms with Gasteiger partial charge in [0.15, 0.2) is 11.0 Å². The molecule has 4 aromatic rings. The van der Waals surface area contributed by atoms with E-state index in [-0.39, 0.29) is 5.82 Å². The molecule has 5 rings (SSSR count). The quantitative estimate of drug-likeness (QED) is 0.429. The number of nitrogens with one attached hydrogen (secondary N) is 1. The minimum absolute atomic E-state index is 0.323. The summed E-state index contributed by atoms with van der Waals surface area (Å²) in [5.74, 6) is 1.19. The molecule has 2 aromatic heterocycles. The summed E-state index contributed by atoms with van der Waals surface area (Å²) in [7, 11) is 0. The highest BCUT2D eigenvalue weighted by Crippen LogP contribution is 2.42. The fraction of sp³-hybridized carbons (Fsp3) is 0.200. The van der Waals surface area contributed by atoms with E-state index in [0.717, 1.165) is 45.9 Å². The molecule has 0 atom stereocenters. The van der Waals surface area contributed by atoms with Gasteiger partial charge in [-0.05, 0) is 36.6 Å². The molecule has 0 unspecified atom stereocenters. The van der Waals surface area contributed by atoms with Gasteiger partial charge in [0, 0.05) is 39.5 Å². The number of para-hydroxylation sites is 1. The van der Waals surface area contributed by atoms with Crippen LogP contribution < -0.4 is 0 Å². The molecule has 2 aromatic carbocycles. The molecule has 0 aliphatic heterocycles. The molecule has 0 saturated heterocycles. The number of hydrogen-bond donors (Lipinski definition) is 1. The second-order valence-electron chi connectivity index (χ2n) is 6.68. The molecule has 1 aliphatic carbocycles. The zero-order chi connectivity index (χ0) is 18.4. The minimum atomic E-state index is -0.323. The molecule has 27 heavy (non-hydrogen) atoms. The van der Waals surface area contributed by atoms with Crippen molar-refractivity contribution in [1.82, 2.24) is 19.7 Å². The Morgan fingerprint density at radius 1 is 1.19 bits per heavy atom. The summed E-state index contributed by atoms with van der Waals surface area (Å²) in [6.07, 6.45) is 4.27. The highest BCUT2D eigenvalue weighted by atomic mass is 35.5. The maximum Gasteiger partial charge on any atom is 0.192 e. The van der Waals surface area contributed by atoms with Gasteiger partial charge >= 0.3 is 0 Å². The molecule has 1 aliphatic rings. The molecular weight excluding hydrogens is 383 g/mol. The lowest BCUT2D eigenvalue weighted by atomic mass is 10.1. The fourth-order valence-electron chi connectivity index (χ4n) is 3.26. The highest BCUT2D eigenvalue weighted by molar-refractivity contribution is 7.98. The van der Waals surface area contributed by atoms with Gasteiger partial charge in [-0.1, -0.05) is 47.6 Å². The first kappa shape index (κ1) is 16.8. The fourth-order valence-corrected chi connectivity index (χ4v) is 4.58. The third kappa shape index (κ3) is 3.13. The van der Waals surface area contributed by atoms with Gasteiger partial charge < -0.3 is 4.98 Å². The molecule has 1 fully saturated rings. The van der Waals surface area contributed by atoms with Gasteiger partial charge in [0.2, 0.25) is 0 Å². The van der Waals surface area contributed by atoms with Gasteiger partial charge in [-0.15, -0.1) is 10.2 Å². The van der Waals surface area contributed by atoms with Gasteiger partial charge in [-0.3, -0.25) is 4.57 Å². The lowest BCUT2D eigenvalue weighted by Crippen LogP contribution is -1.99. The van der Waals surface area contributed by atoms with Crippen LogP contribution in [0.15, 0.2) is 53.8 Å². The molecule has 0 amide bonds. The Bertz CT molecular complexity index is 1130. The van der Waals surface area contributed by atoms with Crippen LogP contribution >= 0.6 is 23.4 Å². The molecular formula is C20H16ClFN4S. The van der Waals surface area contributed by atoms with Crippen molar-refractivity contribution in [3.05, 3.63) is 65.1 Å². The Kier molecular flexibility index (Phi) is 4.17. The number of thioether (sulfide) groups is 1. The van der Waals surface area contributed by atoms with E-state index in [9.17, 15) is 4.39 Å². The highest BCUT2D eigenvalue weighted by Gasteiger charge is 2.31. The van der Waals surface area contributed by atoms with E-state index >= 15 is 0 Å². The number of H-pyrrole nitrogens is 1. The minimum Gasteiger partial charge on any atom is -0.360 e. The summed E-state index contributed by atoms with van der Waals surface area (Å²) in [5, 5.41) is 11.4. The molecule has 0 radical (unpaired) electrons. The molecule has 0 spiro atoms. The van der Waals surface area contributed by atoms with Crippen molar-refractivity contribution in [2.45, 2.75) is 29.8 Å². The van der Waals surface area contributed by atoms with Crippen molar-refractivity contribution in [2.24, 2.45) is 0 Å². The van der Waals surface area contributed by atoms with E-state index < -0.39 is 0 Å². The van der Waals surface area contributed by atoms with Crippen LogP contribution in [0.25, 0.3) is 22.3 Å². The van der Waals surface area contributed by atoms with E-state index in [4.69, 9.17) is 11.6 Å². The monoisotopic (exact) mass is 398 g/mol. The lowest BCUT2D eigenvalue weighted by molar-refractivity contribution is 0.627. The Hall–Kier alpha value is -2.31. The van der Waals surface area contributed by atoms with Gasteiger partial charge in [-0.25, -0.2) is 4.39 Å². The van der Waals surface area contributed by atoms with Crippen LogP contribution in [0.2, 0.25) is 5.02 Å². The maximum atomic E-state index is 13.3. The predicted octanol–water partition coefficient (Wildman–Crippen LogP) is 5.85. The maximum absolute atomic E-state index is 13.3. The molecule has 1 saturated carbocycles. The lowest BCUT2D eigenvalue weighted by Gasteiger charge is -2.09. The Labute approximate surface area is 164 Å². The Morgan fingerprint density at radius 3 is 2.85 bits per heavy atom. The molecule has 4 nitrogen and oxygen atoms in total. The number of nitrogens with zero attached hydrogens (tertiary/aromatic N) is 3. The third-order valence-electron chi connectivity index (χ3n) is 4.78. The van der Waals surface area contributed by atoms with Crippen LogP contribution in [0.5, 0.6) is 0 Å². The third-order valence-corrected chi connectivity index (χ3v) is 6.12. The van der Waals surface area contributed by atoms with E-state index in [1.165, 1.54) is 12.1 Å². The number of halogens is 2. The molecule has 7 heteroatoms. The van der Waals surface area contributed by atoms with Crippen LogP contribution in [-0.4, -0.2) is 19.7 Å². The van der Waals surface area contributed by atoms with Crippen molar-refractivity contribution >= 4 is 34.3 Å². The summed E-state index contributed by atoms with van der Waals surface area (Å²) in [4.78, 5) is 3.31. The van der Waals surface area contributed by atoms with E-state index in [1.54, 1.807) is 17.8 Å². The van der Waals surface area contributed by atoms with Crippen LogP contribution in [0, 0.1) is 5.82 Å². The summed E-state index contributed by atoms with van der Waals surface area (Å²) in [6.45, 7) is 0. The second kappa shape index (κ2) is 6.69. The van der Waals surface area contributed by atoms with Gasteiger partial charge in [0.25, 0.3) is 0 Å². The summed E-state index contributed by atoms with van der Waals surface area (Å²) >= 11 is 7.75. The van der Waals surface area contributed by atoms with E-state index in [0.29, 0.717) is 16.8 Å². The van der Waals surface area contributed by atoms with Crippen molar-refractivity contribution in [3.8, 4) is 11.4 Å². The summed E-state index contributed by atoms with van der Waals surface area (Å²) in [6, 6.07) is 13.1. The van der Waals surface area contributed by atoms with E-state index in [1.807, 2.05) is 18.3 Å². The molecule has 0 bridgehead atoms. The van der Waals surface area contributed by atoms with Gasteiger partial charge in [0.1, 0.15) is 5.82 Å². The first-order valence-electron chi connectivity index (χ1n) is 8.79. The smallest absolute Gasteiger partial charge is 0.192 e. The predicted molar refractivity (Wildman–Crippen MR) is 107 cm³/mol. The van der Waals surface area contributed by atoms with Crippen molar-refractivity contribution in [3.63, 3.8) is 0 Å². The standard InChI is InChI=1S/C20H16ClFN4S/c21-17-9-13(22)6-5-12(17)11-27-20-25-24-19(26(20)14-7-8-14)16-10-23-18-4-2-1-3-15(16)18/h1-6,9-10,14,23H,7-8,11H2. The van der Waals surface area contributed by atoms with Gasteiger partial charge in [-0.2, -0.15) is 0 Å². The topological polar surface area (TPSA) is 46.5 Å². The number of benzene rings is 2. The number of hydrogen-bond acceptors (Lipinski definition) is 3. The van der Waals surface area contributed by atoms with Crippen molar-refractivity contribution < 1.29 is 4.39 Å². The van der Waals surface area contributed by atoms with E-state index in [2.05, 4.69) is 31.9 Å². The number of aromatic amines is 1. The largest absolute Gasteiger partial charge is 0.360 e. The van der Waals surface area contributed by atoms with Crippen LogP contribution in [-0.2, 0) is 5.75 Å². The van der Waals surface area contributed by atoms with Crippen LogP contribution in [0.4, 0.5) is 4.39 Å². The SMILES string of the molecule is Fc1ccc(CSc2nnc(-c3c[nH]c4ccccc34)n2C2CC2)c(Cl)c1.